The van der Waals surface area contributed by atoms with E-state index < -0.39 is 0 Å². The van der Waals surface area contributed by atoms with Gasteiger partial charge in [-0.2, -0.15) is 0 Å². The summed E-state index contributed by atoms with van der Waals surface area (Å²) < 4.78 is 2.27. The molecule has 0 radical (unpaired) electrons. The molecular weight excluding hydrogens is 420 g/mol. The largest absolute Gasteiger partial charge is 0.391 e. The minimum absolute atomic E-state index is 0.222. The smallest absolute Gasteiger partial charge is 0.227 e. The number of hydrogen-bond acceptors (Lipinski definition) is 4. The van der Waals surface area contributed by atoms with Crippen LogP contribution in [0.3, 0.4) is 0 Å². The second kappa shape index (κ2) is 8.88. The van der Waals surface area contributed by atoms with Crippen LogP contribution in [0, 0.1) is 5.41 Å². The highest BCUT2D eigenvalue weighted by Gasteiger charge is 2.42. The number of benzene rings is 3. The molecule has 0 amide bonds. The molecule has 1 N–H and O–H groups in total. The summed E-state index contributed by atoms with van der Waals surface area (Å²) in [7, 11) is 0. The van der Waals surface area contributed by atoms with Crippen molar-refractivity contribution in [2.24, 2.45) is 5.41 Å². The van der Waals surface area contributed by atoms with Gasteiger partial charge in [0.15, 0.2) is 0 Å². The molecule has 1 aromatic heterocycles. The summed E-state index contributed by atoms with van der Waals surface area (Å²) in [6, 6.07) is 25.7. The highest BCUT2D eigenvalue weighted by atomic mass is 16.3. The molecule has 3 aromatic carbocycles. The first kappa shape index (κ1) is 21.4. The maximum absolute atomic E-state index is 10.8. The van der Waals surface area contributed by atoms with Gasteiger partial charge in [0.1, 0.15) is 5.82 Å². The Balaban J connectivity index is 1.36. The first-order chi connectivity index (χ1) is 16.7. The van der Waals surface area contributed by atoms with Crippen LogP contribution < -0.4 is 4.90 Å². The number of nitrogens with zero attached hydrogens (tertiary/aromatic N) is 4. The summed E-state index contributed by atoms with van der Waals surface area (Å²) in [6.45, 7) is 2.32. The molecule has 1 saturated carbocycles. The normalized spacial score (nSPS) is 19.8. The van der Waals surface area contributed by atoms with Crippen molar-refractivity contribution in [3.63, 3.8) is 0 Å². The van der Waals surface area contributed by atoms with E-state index in [1.807, 2.05) is 0 Å². The molecule has 1 saturated heterocycles. The SMILES string of the molecule is OC1CN(c2nnc(Cc3ccc4ccccc4c3)n2Cc2ccccc2)CC2(CCCC2)C1. The lowest BCUT2D eigenvalue weighted by Crippen LogP contribution is -2.49. The lowest BCUT2D eigenvalue weighted by molar-refractivity contribution is 0.0783. The van der Waals surface area contributed by atoms with E-state index in [1.54, 1.807) is 0 Å². The Morgan fingerprint density at radius 2 is 1.62 bits per heavy atom. The van der Waals surface area contributed by atoms with E-state index in [1.165, 1.54) is 47.6 Å². The Morgan fingerprint density at radius 1 is 0.853 bits per heavy atom. The molecule has 1 atom stereocenters. The van der Waals surface area contributed by atoms with Gasteiger partial charge in [-0.15, -0.1) is 10.2 Å². The van der Waals surface area contributed by atoms with Crippen LogP contribution in [0.15, 0.2) is 72.8 Å². The molecule has 5 nitrogen and oxygen atoms in total. The third-order valence-corrected chi connectivity index (χ3v) is 7.74. The van der Waals surface area contributed by atoms with E-state index in [-0.39, 0.29) is 11.5 Å². The summed E-state index contributed by atoms with van der Waals surface area (Å²) in [5, 5.41) is 22.7. The van der Waals surface area contributed by atoms with Gasteiger partial charge in [0.25, 0.3) is 0 Å². The zero-order chi connectivity index (χ0) is 23.0. The van der Waals surface area contributed by atoms with Crippen LogP contribution in [0.5, 0.6) is 0 Å². The second-order valence-electron chi connectivity index (χ2n) is 10.3. The third-order valence-electron chi connectivity index (χ3n) is 7.74. The molecule has 2 aliphatic rings. The molecule has 1 unspecified atom stereocenters. The zero-order valence-corrected chi connectivity index (χ0v) is 19.6. The number of aromatic nitrogens is 3. The van der Waals surface area contributed by atoms with Crippen LogP contribution in [0.1, 0.15) is 49.1 Å². The fraction of sp³-hybridized carbons (Fsp3) is 0.379. The van der Waals surface area contributed by atoms with Crippen molar-refractivity contribution >= 4 is 16.7 Å². The Morgan fingerprint density at radius 3 is 2.44 bits per heavy atom. The van der Waals surface area contributed by atoms with E-state index in [0.29, 0.717) is 6.54 Å². The van der Waals surface area contributed by atoms with Crippen LogP contribution >= 0.6 is 0 Å². The van der Waals surface area contributed by atoms with Crippen molar-refractivity contribution in [3.8, 4) is 0 Å². The Kier molecular flexibility index (Phi) is 5.58. The minimum atomic E-state index is -0.308. The number of hydrogen-bond donors (Lipinski definition) is 1. The fourth-order valence-electron chi connectivity index (χ4n) is 6.14. The van der Waals surface area contributed by atoms with Crippen molar-refractivity contribution in [1.29, 1.82) is 0 Å². The topological polar surface area (TPSA) is 54.2 Å². The summed E-state index contributed by atoms with van der Waals surface area (Å²) in [4.78, 5) is 2.30. The van der Waals surface area contributed by atoms with Crippen molar-refractivity contribution < 1.29 is 5.11 Å². The lowest BCUT2D eigenvalue weighted by Gasteiger charge is -2.43. The van der Waals surface area contributed by atoms with Crippen molar-refractivity contribution in [2.75, 3.05) is 18.0 Å². The number of β-amino-alcohol motifs (C(OH)–C–C–N with tert-alkyl or cyclic N) is 1. The van der Waals surface area contributed by atoms with E-state index >= 15 is 0 Å². The Hall–Kier alpha value is -3.18. The molecule has 2 heterocycles. The molecule has 1 aliphatic carbocycles. The van der Waals surface area contributed by atoms with Gasteiger partial charge < -0.3 is 10.0 Å². The lowest BCUT2D eigenvalue weighted by atomic mass is 9.77. The summed E-state index contributed by atoms with van der Waals surface area (Å²) >= 11 is 0. The highest BCUT2D eigenvalue weighted by Crippen LogP contribution is 2.45. The summed E-state index contributed by atoms with van der Waals surface area (Å²) in [6.07, 6.45) is 6.29. The van der Waals surface area contributed by atoms with Gasteiger partial charge in [-0.3, -0.25) is 4.57 Å². The first-order valence-corrected chi connectivity index (χ1v) is 12.5. The average molecular weight is 453 g/mol. The number of anilines is 1. The maximum Gasteiger partial charge on any atom is 0.227 e. The second-order valence-corrected chi connectivity index (χ2v) is 10.3. The van der Waals surface area contributed by atoms with Gasteiger partial charge in [-0.25, -0.2) is 0 Å². The van der Waals surface area contributed by atoms with E-state index in [0.717, 1.165) is 37.7 Å². The number of piperidine rings is 1. The van der Waals surface area contributed by atoms with E-state index in [9.17, 15) is 5.11 Å². The Labute approximate surface area is 201 Å². The molecule has 5 heteroatoms. The highest BCUT2D eigenvalue weighted by molar-refractivity contribution is 5.83. The molecular formula is C29H32N4O. The van der Waals surface area contributed by atoms with Gasteiger partial charge >= 0.3 is 0 Å². The van der Waals surface area contributed by atoms with Crippen LogP contribution in [-0.2, 0) is 13.0 Å². The standard InChI is InChI=1S/C29H32N4O/c34-26-18-29(14-6-7-15-29)21-32(20-26)28-31-30-27(33(28)19-22-8-2-1-3-9-22)17-23-12-13-24-10-4-5-11-25(24)16-23/h1-5,8-13,16,26,34H,6-7,14-15,17-21H2. The molecule has 0 bridgehead atoms. The predicted molar refractivity (Wildman–Crippen MR) is 136 cm³/mol. The van der Waals surface area contributed by atoms with Crippen molar-refractivity contribution in [3.05, 3.63) is 89.7 Å². The zero-order valence-electron chi connectivity index (χ0n) is 19.6. The number of aliphatic hydroxyl groups is 1. The van der Waals surface area contributed by atoms with E-state index in [4.69, 9.17) is 10.2 Å². The predicted octanol–water partition coefficient (Wildman–Crippen LogP) is 5.20. The molecule has 1 spiro atoms. The molecule has 2 fully saturated rings. The first-order valence-electron chi connectivity index (χ1n) is 12.5. The number of aliphatic hydroxyl groups excluding tert-OH is 1. The molecule has 6 rings (SSSR count). The van der Waals surface area contributed by atoms with Gasteiger partial charge in [0, 0.05) is 19.5 Å². The summed E-state index contributed by atoms with van der Waals surface area (Å²) in [5.74, 6) is 1.86. The fourth-order valence-corrected chi connectivity index (χ4v) is 6.14. The van der Waals surface area contributed by atoms with Gasteiger partial charge in [0.05, 0.1) is 12.6 Å². The molecule has 1 aliphatic heterocycles. The minimum Gasteiger partial charge on any atom is -0.391 e. The molecule has 34 heavy (non-hydrogen) atoms. The maximum atomic E-state index is 10.8. The van der Waals surface area contributed by atoms with Gasteiger partial charge in [-0.1, -0.05) is 85.6 Å². The molecule has 4 aromatic rings. The van der Waals surface area contributed by atoms with Crippen molar-refractivity contribution in [1.82, 2.24) is 14.8 Å². The Bertz CT molecular complexity index is 1280. The monoisotopic (exact) mass is 452 g/mol. The summed E-state index contributed by atoms with van der Waals surface area (Å²) in [5.41, 5.74) is 2.69. The van der Waals surface area contributed by atoms with Crippen molar-refractivity contribution in [2.45, 2.75) is 51.2 Å². The number of rotatable bonds is 5. The van der Waals surface area contributed by atoms with Crippen LogP contribution in [0.25, 0.3) is 10.8 Å². The van der Waals surface area contributed by atoms with Gasteiger partial charge in [-0.05, 0) is 46.6 Å². The van der Waals surface area contributed by atoms with Crippen LogP contribution in [0.4, 0.5) is 5.95 Å². The van der Waals surface area contributed by atoms with Crippen LogP contribution in [-0.4, -0.2) is 39.1 Å². The average Bonchev–Trinajstić information content (AvgIpc) is 3.46. The van der Waals surface area contributed by atoms with Gasteiger partial charge in [0.2, 0.25) is 5.95 Å². The van der Waals surface area contributed by atoms with E-state index in [2.05, 4.69) is 82.3 Å². The molecule has 174 valence electrons. The quantitative estimate of drug-likeness (QED) is 0.452. The third kappa shape index (κ3) is 4.21. The van der Waals surface area contributed by atoms with Crippen LogP contribution in [0.2, 0.25) is 0 Å². The number of fused-ring (bicyclic) bond motifs is 1.